The van der Waals surface area contributed by atoms with E-state index < -0.39 is 0 Å². The first kappa shape index (κ1) is 13.8. The van der Waals surface area contributed by atoms with Crippen LogP contribution in [0.25, 0.3) is 0 Å². The van der Waals surface area contributed by atoms with E-state index in [1.807, 2.05) is 54.6 Å². The molecular formula is C16H15BrO2. The third-order valence-electron chi connectivity index (χ3n) is 2.77. The standard InChI is InChI=1S/C16H15BrO2/c17-15-9-6-13(7-10-15)8-11-16(18)19-12-14-4-2-1-3-5-14/h1-7,9-10H,8,11-12H2. The van der Waals surface area contributed by atoms with Crippen molar-refractivity contribution in [3.8, 4) is 0 Å². The lowest BCUT2D eigenvalue weighted by Gasteiger charge is -2.05. The second-order valence-electron chi connectivity index (χ2n) is 4.27. The van der Waals surface area contributed by atoms with E-state index in [0.717, 1.165) is 15.6 Å². The molecule has 0 saturated carbocycles. The maximum atomic E-state index is 11.6. The number of aryl methyl sites for hydroxylation is 1. The van der Waals surface area contributed by atoms with Crippen LogP contribution in [0.1, 0.15) is 17.5 Å². The van der Waals surface area contributed by atoms with Crippen molar-refractivity contribution in [1.29, 1.82) is 0 Å². The lowest BCUT2D eigenvalue weighted by molar-refractivity contribution is -0.144. The van der Waals surface area contributed by atoms with E-state index >= 15 is 0 Å². The molecule has 0 bridgehead atoms. The van der Waals surface area contributed by atoms with Gasteiger partial charge in [-0.05, 0) is 29.7 Å². The Hall–Kier alpha value is -1.61. The summed E-state index contributed by atoms with van der Waals surface area (Å²) in [4.78, 5) is 11.6. The van der Waals surface area contributed by atoms with Crippen molar-refractivity contribution in [2.45, 2.75) is 19.4 Å². The van der Waals surface area contributed by atoms with Gasteiger partial charge in [0.15, 0.2) is 0 Å². The van der Waals surface area contributed by atoms with Crippen molar-refractivity contribution in [2.24, 2.45) is 0 Å². The molecule has 0 fully saturated rings. The van der Waals surface area contributed by atoms with Gasteiger partial charge >= 0.3 is 5.97 Å². The van der Waals surface area contributed by atoms with Gasteiger partial charge in [0.25, 0.3) is 0 Å². The molecular weight excluding hydrogens is 304 g/mol. The summed E-state index contributed by atoms with van der Waals surface area (Å²) in [6, 6.07) is 17.7. The van der Waals surface area contributed by atoms with Crippen LogP contribution >= 0.6 is 15.9 Å². The van der Waals surface area contributed by atoms with Crippen LogP contribution in [0.5, 0.6) is 0 Å². The number of halogens is 1. The predicted octanol–water partition coefficient (Wildman–Crippen LogP) is 4.13. The summed E-state index contributed by atoms with van der Waals surface area (Å²) in [5.74, 6) is -0.160. The number of carbonyl (C=O) groups is 1. The van der Waals surface area contributed by atoms with Crippen LogP contribution in [0.3, 0.4) is 0 Å². The van der Waals surface area contributed by atoms with Gasteiger partial charge < -0.3 is 4.74 Å². The van der Waals surface area contributed by atoms with Crippen LogP contribution in [0.4, 0.5) is 0 Å². The van der Waals surface area contributed by atoms with E-state index in [1.165, 1.54) is 0 Å². The highest BCUT2D eigenvalue weighted by molar-refractivity contribution is 9.10. The molecule has 98 valence electrons. The summed E-state index contributed by atoms with van der Waals surface area (Å²) in [5.41, 5.74) is 2.15. The van der Waals surface area contributed by atoms with Crippen LogP contribution < -0.4 is 0 Å². The number of ether oxygens (including phenoxy) is 1. The summed E-state index contributed by atoms with van der Waals surface area (Å²) < 4.78 is 6.27. The Bertz CT molecular complexity index is 520. The van der Waals surface area contributed by atoms with Crippen LogP contribution in [0, 0.1) is 0 Å². The van der Waals surface area contributed by atoms with Gasteiger partial charge in [0.1, 0.15) is 6.61 Å². The quantitative estimate of drug-likeness (QED) is 0.775. The van der Waals surface area contributed by atoms with Crippen molar-refractivity contribution in [3.05, 3.63) is 70.2 Å². The summed E-state index contributed by atoms with van der Waals surface area (Å²) in [6.45, 7) is 0.347. The van der Waals surface area contributed by atoms with Gasteiger partial charge in [0.05, 0.1) is 0 Å². The molecule has 2 nitrogen and oxygen atoms in total. The van der Waals surface area contributed by atoms with Crippen molar-refractivity contribution >= 4 is 21.9 Å². The molecule has 19 heavy (non-hydrogen) atoms. The smallest absolute Gasteiger partial charge is 0.306 e. The van der Waals surface area contributed by atoms with E-state index in [4.69, 9.17) is 4.74 Å². The average Bonchev–Trinajstić information content (AvgIpc) is 2.45. The number of esters is 1. The average molecular weight is 319 g/mol. The Morgan fingerprint density at radius 2 is 1.63 bits per heavy atom. The molecule has 0 aliphatic rings. The lowest BCUT2D eigenvalue weighted by Crippen LogP contribution is -2.05. The molecule has 2 aromatic rings. The number of hydrogen-bond acceptors (Lipinski definition) is 2. The first-order chi connectivity index (χ1) is 9.24. The molecule has 0 heterocycles. The third-order valence-corrected chi connectivity index (χ3v) is 3.30. The zero-order valence-corrected chi connectivity index (χ0v) is 12.1. The first-order valence-electron chi connectivity index (χ1n) is 6.18. The molecule has 0 saturated heterocycles. The third kappa shape index (κ3) is 4.87. The number of rotatable bonds is 5. The van der Waals surface area contributed by atoms with Crippen molar-refractivity contribution in [2.75, 3.05) is 0 Å². The van der Waals surface area contributed by atoms with E-state index in [1.54, 1.807) is 0 Å². The van der Waals surface area contributed by atoms with E-state index in [2.05, 4.69) is 15.9 Å². The summed E-state index contributed by atoms with van der Waals surface area (Å²) in [7, 11) is 0. The molecule has 2 rings (SSSR count). The monoisotopic (exact) mass is 318 g/mol. The van der Waals surface area contributed by atoms with Gasteiger partial charge in [-0.25, -0.2) is 0 Å². The Balaban J connectivity index is 1.74. The second kappa shape index (κ2) is 7.10. The number of benzene rings is 2. The van der Waals surface area contributed by atoms with E-state index in [0.29, 0.717) is 19.4 Å². The SMILES string of the molecule is O=C(CCc1ccc(Br)cc1)OCc1ccccc1. The van der Waals surface area contributed by atoms with E-state index in [9.17, 15) is 4.79 Å². The lowest BCUT2D eigenvalue weighted by atomic mass is 10.1. The normalized spacial score (nSPS) is 10.2. The zero-order chi connectivity index (χ0) is 13.5. The molecule has 0 aromatic heterocycles. The molecule has 0 radical (unpaired) electrons. The number of carbonyl (C=O) groups excluding carboxylic acids is 1. The molecule has 2 aromatic carbocycles. The van der Waals surface area contributed by atoms with Gasteiger partial charge in [-0.15, -0.1) is 0 Å². The molecule has 3 heteroatoms. The minimum atomic E-state index is -0.160. The highest BCUT2D eigenvalue weighted by Gasteiger charge is 2.04. The van der Waals surface area contributed by atoms with Gasteiger partial charge in [-0.1, -0.05) is 58.4 Å². The highest BCUT2D eigenvalue weighted by Crippen LogP contribution is 2.12. The summed E-state index contributed by atoms with van der Waals surface area (Å²) >= 11 is 3.38. The van der Waals surface area contributed by atoms with Crippen LogP contribution in [0.2, 0.25) is 0 Å². The largest absolute Gasteiger partial charge is 0.461 e. The maximum Gasteiger partial charge on any atom is 0.306 e. The van der Waals surface area contributed by atoms with Crippen LogP contribution in [0.15, 0.2) is 59.1 Å². The van der Waals surface area contributed by atoms with Crippen LogP contribution in [-0.2, 0) is 22.6 Å². The fraction of sp³-hybridized carbons (Fsp3) is 0.188. The first-order valence-corrected chi connectivity index (χ1v) is 6.97. The number of hydrogen-bond donors (Lipinski definition) is 0. The fourth-order valence-electron chi connectivity index (χ4n) is 1.71. The Morgan fingerprint density at radius 1 is 0.947 bits per heavy atom. The molecule has 0 aliphatic heterocycles. The van der Waals surface area contributed by atoms with Crippen molar-refractivity contribution in [1.82, 2.24) is 0 Å². The minimum absolute atomic E-state index is 0.160. The van der Waals surface area contributed by atoms with Gasteiger partial charge in [0, 0.05) is 10.9 Å². The maximum absolute atomic E-state index is 11.6. The molecule has 0 unspecified atom stereocenters. The Kier molecular flexibility index (Phi) is 5.16. The zero-order valence-electron chi connectivity index (χ0n) is 10.5. The van der Waals surface area contributed by atoms with Gasteiger partial charge in [0.2, 0.25) is 0 Å². The molecule has 0 spiro atoms. The Labute approximate surface area is 121 Å². The van der Waals surface area contributed by atoms with Crippen molar-refractivity contribution in [3.63, 3.8) is 0 Å². The minimum Gasteiger partial charge on any atom is -0.461 e. The predicted molar refractivity (Wildman–Crippen MR) is 78.7 cm³/mol. The van der Waals surface area contributed by atoms with Gasteiger partial charge in [-0.3, -0.25) is 4.79 Å². The second-order valence-corrected chi connectivity index (χ2v) is 5.19. The summed E-state index contributed by atoms with van der Waals surface area (Å²) in [5, 5.41) is 0. The fourth-order valence-corrected chi connectivity index (χ4v) is 1.97. The topological polar surface area (TPSA) is 26.3 Å². The summed E-state index contributed by atoms with van der Waals surface area (Å²) in [6.07, 6.45) is 1.12. The van der Waals surface area contributed by atoms with E-state index in [-0.39, 0.29) is 5.97 Å². The Morgan fingerprint density at radius 3 is 2.32 bits per heavy atom. The molecule has 0 amide bonds. The van der Waals surface area contributed by atoms with Gasteiger partial charge in [-0.2, -0.15) is 0 Å². The molecule has 0 N–H and O–H groups in total. The molecule has 0 atom stereocenters. The molecule has 0 aliphatic carbocycles. The van der Waals surface area contributed by atoms with Crippen LogP contribution in [-0.4, -0.2) is 5.97 Å². The highest BCUT2D eigenvalue weighted by atomic mass is 79.9. The van der Waals surface area contributed by atoms with Crippen molar-refractivity contribution < 1.29 is 9.53 Å².